The summed E-state index contributed by atoms with van der Waals surface area (Å²) in [4.78, 5) is 10.1. The minimum atomic E-state index is -0.880. The minimum absolute atomic E-state index is 0.188. The Morgan fingerprint density at radius 2 is 2.55 bits per heavy atom. The fraction of sp³-hybridized carbons (Fsp3) is 0.714. The zero-order chi connectivity index (χ0) is 8.27. The second-order valence-electron chi connectivity index (χ2n) is 2.42. The molecule has 4 heteroatoms. The maximum absolute atomic E-state index is 10.1. The molecule has 0 aromatic heterocycles. The highest BCUT2D eigenvalue weighted by Gasteiger charge is 2.26. The fourth-order valence-electron chi connectivity index (χ4n) is 0.869. The molecule has 0 amide bonds. The van der Waals surface area contributed by atoms with Crippen LogP contribution in [0.4, 0.5) is 0 Å². The van der Waals surface area contributed by atoms with Gasteiger partial charge in [0.1, 0.15) is 24.9 Å². The van der Waals surface area contributed by atoms with Gasteiger partial charge in [0.25, 0.3) is 0 Å². The highest BCUT2D eigenvalue weighted by Crippen LogP contribution is 2.12. The topological polar surface area (TPSA) is 55.8 Å². The maximum Gasteiger partial charge on any atom is 0.147 e. The van der Waals surface area contributed by atoms with Crippen molar-refractivity contribution in [1.82, 2.24) is 0 Å². The summed E-state index contributed by atoms with van der Waals surface area (Å²) in [6.45, 7) is 2.04. The van der Waals surface area contributed by atoms with Crippen molar-refractivity contribution in [2.24, 2.45) is 0 Å². The predicted molar refractivity (Wildman–Crippen MR) is 36.6 cm³/mol. The van der Waals surface area contributed by atoms with Crippen LogP contribution in [-0.4, -0.2) is 36.7 Å². The van der Waals surface area contributed by atoms with Crippen molar-refractivity contribution in [3.05, 3.63) is 5.57 Å². The van der Waals surface area contributed by atoms with Gasteiger partial charge < -0.3 is 14.6 Å². The molecule has 2 atom stereocenters. The molecule has 1 heterocycles. The third-order valence-electron chi connectivity index (χ3n) is 1.60. The van der Waals surface area contributed by atoms with Gasteiger partial charge >= 0.3 is 0 Å². The van der Waals surface area contributed by atoms with E-state index < -0.39 is 12.2 Å². The summed E-state index contributed by atoms with van der Waals surface area (Å²) < 4.78 is 9.81. The number of hydrogen-bond acceptors (Lipinski definition) is 4. The normalized spacial score (nSPS) is 26.2. The molecule has 11 heavy (non-hydrogen) atoms. The molecule has 1 aliphatic rings. The first-order chi connectivity index (χ1) is 5.25. The second kappa shape index (κ2) is 3.64. The minimum Gasteiger partial charge on any atom is -0.385 e. The zero-order valence-corrected chi connectivity index (χ0v) is 6.24. The Labute approximate surface area is 64.4 Å². The summed E-state index contributed by atoms with van der Waals surface area (Å²) >= 11 is 0. The van der Waals surface area contributed by atoms with Crippen LogP contribution in [0.25, 0.3) is 0 Å². The van der Waals surface area contributed by atoms with Gasteiger partial charge in [0.05, 0.1) is 6.61 Å². The van der Waals surface area contributed by atoms with Crippen LogP contribution in [0.5, 0.6) is 0 Å². The van der Waals surface area contributed by atoms with Crippen molar-refractivity contribution in [2.45, 2.75) is 19.1 Å². The van der Waals surface area contributed by atoms with Crippen molar-refractivity contribution in [3.8, 4) is 0 Å². The number of rotatable bonds is 2. The van der Waals surface area contributed by atoms with Gasteiger partial charge in [-0.2, -0.15) is 0 Å². The molecule has 0 saturated carbocycles. The maximum atomic E-state index is 10.1. The summed E-state index contributed by atoms with van der Waals surface area (Å²) in [7, 11) is 0. The summed E-state index contributed by atoms with van der Waals surface area (Å²) in [5, 5.41) is 9.31. The quantitative estimate of drug-likeness (QED) is 0.550. The number of aliphatic hydroxyl groups is 1. The average Bonchev–Trinajstić information content (AvgIpc) is 2.53. The summed E-state index contributed by atoms with van der Waals surface area (Å²) in [5.74, 6) is 1.62. The Kier molecular flexibility index (Phi) is 2.79. The first-order valence-corrected chi connectivity index (χ1v) is 3.34. The van der Waals surface area contributed by atoms with Crippen LogP contribution in [0, 0.1) is 0 Å². The van der Waals surface area contributed by atoms with Gasteiger partial charge in [0.15, 0.2) is 0 Å². The van der Waals surface area contributed by atoms with Gasteiger partial charge in [-0.05, 0) is 6.92 Å². The van der Waals surface area contributed by atoms with E-state index in [2.05, 4.69) is 0 Å². The monoisotopic (exact) mass is 158 g/mol. The van der Waals surface area contributed by atoms with Crippen LogP contribution >= 0.6 is 0 Å². The lowest BCUT2D eigenvalue weighted by Crippen LogP contribution is -2.29. The molecule has 1 rings (SSSR count). The molecule has 0 aromatic rings. The first kappa shape index (κ1) is 8.43. The van der Waals surface area contributed by atoms with Gasteiger partial charge in [-0.25, -0.2) is 4.79 Å². The lowest BCUT2D eigenvalue weighted by molar-refractivity contribution is 0.00398. The molecular formula is C7H10O4. The zero-order valence-electron chi connectivity index (χ0n) is 6.24. The Morgan fingerprint density at radius 1 is 1.82 bits per heavy atom. The molecule has 0 aromatic carbocycles. The molecule has 1 N–H and O–H groups in total. The van der Waals surface area contributed by atoms with E-state index >= 15 is 0 Å². The van der Waals surface area contributed by atoms with Gasteiger partial charge in [-0.15, -0.1) is 0 Å². The van der Waals surface area contributed by atoms with Crippen LogP contribution in [0.1, 0.15) is 6.92 Å². The van der Waals surface area contributed by atoms with Crippen molar-refractivity contribution < 1.29 is 19.4 Å². The smallest absolute Gasteiger partial charge is 0.147 e. The van der Waals surface area contributed by atoms with E-state index in [1.807, 2.05) is 0 Å². The van der Waals surface area contributed by atoms with E-state index in [1.54, 1.807) is 5.94 Å². The van der Waals surface area contributed by atoms with Gasteiger partial charge in [-0.1, -0.05) is 0 Å². The average molecular weight is 158 g/mol. The second-order valence-corrected chi connectivity index (χ2v) is 2.42. The van der Waals surface area contributed by atoms with E-state index in [1.165, 1.54) is 6.92 Å². The van der Waals surface area contributed by atoms with Gasteiger partial charge in [-0.3, -0.25) is 0 Å². The highest BCUT2D eigenvalue weighted by atomic mass is 16.7. The van der Waals surface area contributed by atoms with Crippen molar-refractivity contribution in [3.63, 3.8) is 0 Å². The van der Waals surface area contributed by atoms with E-state index in [4.69, 9.17) is 9.47 Å². The summed E-state index contributed by atoms with van der Waals surface area (Å²) in [6, 6.07) is 0. The third kappa shape index (κ3) is 1.88. The standard InChI is InChI=1S/C7H10O4/c1-5(2-8)7(9)6-3-10-4-11-6/h6-7,9H,3-4H2,1H3. The molecule has 0 radical (unpaired) electrons. The lowest BCUT2D eigenvalue weighted by atomic mass is 10.1. The molecule has 2 unspecified atom stereocenters. The molecule has 0 aliphatic carbocycles. The van der Waals surface area contributed by atoms with Crippen LogP contribution < -0.4 is 0 Å². The van der Waals surface area contributed by atoms with E-state index in [0.717, 1.165) is 0 Å². The molecule has 0 spiro atoms. The van der Waals surface area contributed by atoms with Gasteiger partial charge in [0, 0.05) is 5.57 Å². The largest absolute Gasteiger partial charge is 0.385 e. The van der Waals surface area contributed by atoms with Crippen LogP contribution in [0.3, 0.4) is 0 Å². The Bertz CT molecular complexity index is 177. The van der Waals surface area contributed by atoms with Crippen molar-refractivity contribution in [1.29, 1.82) is 0 Å². The lowest BCUT2D eigenvalue weighted by Gasteiger charge is -2.13. The van der Waals surface area contributed by atoms with Crippen molar-refractivity contribution >= 4 is 5.94 Å². The molecule has 1 fully saturated rings. The summed E-state index contributed by atoms with van der Waals surface area (Å²) in [6.07, 6.45) is -1.29. The highest BCUT2D eigenvalue weighted by molar-refractivity contribution is 5.53. The fourth-order valence-corrected chi connectivity index (χ4v) is 0.869. The SMILES string of the molecule is CC(=C=O)C(O)C1COCO1. The third-order valence-corrected chi connectivity index (χ3v) is 1.60. The van der Waals surface area contributed by atoms with Crippen molar-refractivity contribution in [2.75, 3.05) is 13.4 Å². The number of carbonyl (C=O) groups excluding carboxylic acids is 1. The Hall–Kier alpha value is -0.670. The van der Waals surface area contributed by atoms with E-state index in [0.29, 0.717) is 6.61 Å². The van der Waals surface area contributed by atoms with Crippen LogP contribution in [0.2, 0.25) is 0 Å². The van der Waals surface area contributed by atoms with Gasteiger partial charge in [0.2, 0.25) is 0 Å². The number of ether oxygens (including phenoxy) is 2. The molecule has 4 nitrogen and oxygen atoms in total. The molecule has 1 saturated heterocycles. The summed E-state index contributed by atoms with van der Waals surface area (Å²) in [5.41, 5.74) is 0.250. The van der Waals surface area contributed by atoms with Crippen LogP contribution in [0.15, 0.2) is 5.57 Å². The van der Waals surface area contributed by atoms with E-state index in [9.17, 15) is 9.90 Å². The number of aliphatic hydroxyl groups excluding tert-OH is 1. The number of hydrogen-bond donors (Lipinski definition) is 1. The molecular weight excluding hydrogens is 148 g/mol. The molecule has 62 valence electrons. The Morgan fingerprint density at radius 3 is 3.00 bits per heavy atom. The Balaban J connectivity index is 2.52. The predicted octanol–water partition coefficient (Wildman–Crippen LogP) is -0.502. The van der Waals surface area contributed by atoms with E-state index in [-0.39, 0.29) is 12.4 Å². The molecule has 1 aliphatic heterocycles. The van der Waals surface area contributed by atoms with Crippen LogP contribution in [-0.2, 0) is 14.3 Å². The molecule has 0 bridgehead atoms. The first-order valence-electron chi connectivity index (χ1n) is 3.34.